The zero-order valence-electron chi connectivity index (χ0n) is 16.8. The number of nitrogens with zero attached hydrogens (tertiary/aromatic N) is 3. The van der Waals surface area contributed by atoms with Gasteiger partial charge in [0.05, 0.1) is 11.1 Å². The van der Waals surface area contributed by atoms with Crippen molar-refractivity contribution >= 4 is 27.6 Å². The highest BCUT2D eigenvalue weighted by Crippen LogP contribution is 2.24. The summed E-state index contributed by atoms with van der Waals surface area (Å²) in [6.07, 6.45) is 3.95. The minimum Gasteiger partial charge on any atom is -0.355 e. The molecule has 0 spiro atoms. The first-order chi connectivity index (χ1) is 14.5. The molecule has 7 heteroatoms. The van der Waals surface area contributed by atoms with Crippen LogP contribution in [0, 0.1) is 6.92 Å². The number of nitrogens with one attached hydrogen (secondary N) is 1. The predicted octanol–water partition coefficient (Wildman–Crippen LogP) is 4.46. The van der Waals surface area contributed by atoms with E-state index in [9.17, 15) is 8.42 Å². The van der Waals surface area contributed by atoms with Crippen LogP contribution in [0.3, 0.4) is 0 Å². The third-order valence-electron chi connectivity index (χ3n) is 5.02. The number of sulfonamides is 1. The second kappa shape index (κ2) is 8.67. The van der Waals surface area contributed by atoms with Gasteiger partial charge in [-0.2, -0.15) is 0 Å². The Morgan fingerprint density at radius 2 is 1.73 bits per heavy atom. The van der Waals surface area contributed by atoms with Crippen molar-refractivity contribution in [3.8, 4) is 11.3 Å². The van der Waals surface area contributed by atoms with Crippen LogP contribution in [0.4, 0.5) is 11.5 Å². The molecule has 6 nitrogen and oxygen atoms in total. The van der Waals surface area contributed by atoms with Crippen molar-refractivity contribution in [1.82, 2.24) is 10.2 Å². The Labute approximate surface area is 177 Å². The van der Waals surface area contributed by atoms with Gasteiger partial charge in [0, 0.05) is 24.3 Å². The molecule has 0 atom stereocenters. The Morgan fingerprint density at radius 3 is 2.43 bits per heavy atom. The number of anilines is 2. The molecular formula is C23H24N4O2S. The Morgan fingerprint density at radius 1 is 0.967 bits per heavy atom. The molecule has 1 aliphatic rings. The molecule has 3 aromatic rings. The van der Waals surface area contributed by atoms with E-state index in [1.54, 1.807) is 24.3 Å². The van der Waals surface area contributed by atoms with E-state index in [1.165, 1.54) is 18.2 Å². The maximum absolute atomic E-state index is 12.4. The van der Waals surface area contributed by atoms with Gasteiger partial charge in [-0.15, -0.1) is 10.2 Å². The molecule has 1 N–H and O–H groups in total. The van der Waals surface area contributed by atoms with Crippen LogP contribution in [-0.2, 0) is 10.0 Å². The molecule has 154 valence electrons. The first kappa shape index (κ1) is 20.1. The third kappa shape index (κ3) is 5.04. The van der Waals surface area contributed by atoms with E-state index in [4.69, 9.17) is 0 Å². The SMILES string of the molecule is Cc1ccc(/C=C/S(=O)(=O)Nc2cccc(-c3ccc(N4CCCC4)nn3)c2)cc1. The van der Waals surface area contributed by atoms with E-state index < -0.39 is 10.0 Å². The Kier molecular flexibility index (Phi) is 5.81. The maximum Gasteiger partial charge on any atom is 0.255 e. The van der Waals surface area contributed by atoms with Gasteiger partial charge in [-0.3, -0.25) is 4.72 Å². The highest BCUT2D eigenvalue weighted by Gasteiger charge is 2.14. The number of aryl methyl sites for hydroxylation is 1. The van der Waals surface area contributed by atoms with Crippen molar-refractivity contribution in [2.45, 2.75) is 19.8 Å². The van der Waals surface area contributed by atoms with Crippen molar-refractivity contribution in [2.24, 2.45) is 0 Å². The fourth-order valence-electron chi connectivity index (χ4n) is 3.38. The Balaban J connectivity index is 1.48. The maximum atomic E-state index is 12.4. The smallest absolute Gasteiger partial charge is 0.255 e. The monoisotopic (exact) mass is 420 g/mol. The molecule has 0 radical (unpaired) electrons. The molecule has 1 saturated heterocycles. The van der Waals surface area contributed by atoms with Gasteiger partial charge in [0.2, 0.25) is 0 Å². The van der Waals surface area contributed by atoms with Crippen molar-refractivity contribution in [1.29, 1.82) is 0 Å². The molecule has 0 saturated carbocycles. The van der Waals surface area contributed by atoms with Crippen molar-refractivity contribution in [2.75, 3.05) is 22.7 Å². The Bertz CT molecular complexity index is 1130. The van der Waals surface area contributed by atoms with E-state index in [2.05, 4.69) is 19.8 Å². The number of hydrogen-bond acceptors (Lipinski definition) is 5. The molecule has 2 aromatic carbocycles. The van der Waals surface area contributed by atoms with Crippen LogP contribution in [0.1, 0.15) is 24.0 Å². The Hall–Kier alpha value is -3.19. The second-order valence-electron chi connectivity index (χ2n) is 7.41. The number of benzene rings is 2. The quantitative estimate of drug-likeness (QED) is 0.637. The minimum atomic E-state index is -3.63. The summed E-state index contributed by atoms with van der Waals surface area (Å²) in [6, 6.07) is 18.7. The summed E-state index contributed by atoms with van der Waals surface area (Å²) < 4.78 is 27.5. The highest BCUT2D eigenvalue weighted by atomic mass is 32.2. The summed E-state index contributed by atoms with van der Waals surface area (Å²) in [5, 5.41) is 9.84. The fraction of sp³-hybridized carbons (Fsp3) is 0.217. The molecule has 30 heavy (non-hydrogen) atoms. The van der Waals surface area contributed by atoms with Crippen LogP contribution in [0.2, 0.25) is 0 Å². The lowest BCUT2D eigenvalue weighted by molar-refractivity contribution is 0.609. The molecule has 0 unspecified atom stereocenters. The van der Waals surface area contributed by atoms with Crippen LogP contribution in [0.25, 0.3) is 17.3 Å². The summed E-state index contributed by atoms with van der Waals surface area (Å²) in [4.78, 5) is 2.22. The average molecular weight is 421 g/mol. The van der Waals surface area contributed by atoms with Gasteiger partial charge in [-0.05, 0) is 55.7 Å². The van der Waals surface area contributed by atoms with Gasteiger partial charge in [0.1, 0.15) is 0 Å². The number of rotatable bonds is 6. The standard InChI is InChI=1S/C23H24N4O2S/c1-18-7-9-19(10-8-18)13-16-30(28,29)26-21-6-4-5-20(17-21)22-11-12-23(25-24-22)27-14-2-3-15-27/h4-13,16-17,26H,2-3,14-15H2,1H3/b16-13+. The lowest BCUT2D eigenvalue weighted by Gasteiger charge is -2.15. The minimum absolute atomic E-state index is 0.478. The van der Waals surface area contributed by atoms with Crippen LogP contribution in [0.15, 0.2) is 66.1 Å². The zero-order chi connectivity index (χ0) is 21.0. The van der Waals surface area contributed by atoms with Crippen molar-refractivity contribution in [3.63, 3.8) is 0 Å². The molecule has 1 fully saturated rings. The van der Waals surface area contributed by atoms with E-state index in [0.29, 0.717) is 11.4 Å². The van der Waals surface area contributed by atoms with E-state index >= 15 is 0 Å². The number of aromatic nitrogens is 2. The molecule has 0 aliphatic carbocycles. The van der Waals surface area contributed by atoms with Crippen molar-refractivity contribution in [3.05, 3.63) is 77.2 Å². The lowest BCUT2D eigenvalue weighted by Crippen LogP contribution is -2.19. The summed E-state index contributed by atoms with van der Waals surface area (Å²) in [6.45, 7) is 4.02. The first-order valence-electron chi connectivity index (χ1n) is 9.95. The van der Waals surface area contributed by atoms with Gasteiger partial charge in [-0.25, -0.2) is 8.42 Å². The summed E-state index contributed by atoms with van der Waals surface area (Å²) >= 11 is 0. The van der Waals surface area contributed by atoms with Gasteiger partial charge in [0.25, 0.3) is 10.0 Å². The molecule has 4 rings (SSSR count). The normalized spacial score (nSPS) is 14.4. The zero-order valence-corrected chi connectivity index (χ0v) is 17.6. The molecular weight excluding hydrogens is 396 g/mol. The van der Waals surface area contributed by atoms with Gasteiger partial charge < -0.3 is 4.90 Å². The van der Waals surface area contributed by atoms with Gasteiger partial charge in [-0.1, -0.05) is 42.0 Å². The van der Waals surface area contributed by atoms with Gasteiger partial charge in [0.15, 0.2) is 5.82 Å². The predicted molar refractivity (Wildman–Crippen MR) is 122 cm³/mol. The second-order valence-corrected chi connectivity index (χ2v) is 8.98. The molecule has 0 bridgehead atoms. The third-order valence-corrected chi connectivity index (χ3v) is 6.03. The summed E-state index contributed by atoms with van der Waals surface area (Å²) in [7, 11) is -3.63. The molecule has 1 aromatic heterocycles. The topological polar surface area (TPSA) is 75.2 Å². The summed E-state index contributed by atoms with van der Waals surface area (Å²) in [5.74, 6) is 0.884. The van der Waals surface area contributed by atoms with Crippen molar-refractivity contribution < 1.29 is 8.42 Å². The van der Waals surface area contributed by atoms with E-state index in [-0.39, 0.29) is 0 Å². The molecule has 2 heterocycles. The van der Waals surface area contributed by atoms with Crippen LogP contribution >= 0.6 is 0 Å². The first-order valence-corrected chi connectivity index (χ1v) is 11.5. The van der Waals surface area contributed by atoms with E-state index in [0.717, 1.165) is 35.6 Å². The summed E-state index contributed by atoms with van der Waals surface area (Å²) in [5.41, 5.74) is 3.94. The largest absolute Gasteiger partial charge is 0.355 e. The number of hydrogen-bond donors (Lipinski definition) is 1. The van der Waals surface area contributed by atoms with Gasteiger partial charge >= 0.3 is 0 Å². The van der Waals surface area contributed by atoms with Crippen LogP contribution in [0.5, 0.6) is 0 Å². The molecule has 1 aliphatic heterocycles. The molecule has 0 amide bonds. The van der Waals surface area contributed by atoms with Crippen LogP contribution < -0.4 is 9.62 Å². The highest BCUT2D eigenvalue weighted by molar-refractivity contribution is 7.95. The lowest BCUT2D eigenvalue weighted by atomic mass is 10.1. The fourth-order valence-corrected chi connectivity index (χ4v) is 4.24. The average Bonchev–Trinajstić information content (AvgIpc) is 3.28. The van der Waals surface area contributed by atoms with E-state index in [1.807, 2.05) is 49.4 Å². The van der Waals surface area contributed by atoms with Crippen LogP contribution in [-0.4, -0.2) is 31.7 Å².